The Labute approximate surface area is 153 Å². The van der Waals surface area contributed by atoms with Gasteiger partial charge in [0, 0.05) is 76.1 Å². The first kappa shape index (κ1) is 16.6. The number of rotatable bonds is 4. The van der Waals surface area contributed by atoms with Gasteiger partial charge in [0.05, 0.1) is 5.69 Å². The van der Waals surface area contributed by atoms with E-state index in [1.54, 1.807) is 12.4 Å². The molecule has 0 bridgehead atoms. The van der Waals surface area contributed by atoms with Gasteiger partial charge in [-0.15, -0.1) is 0 Å². The zero-order valence-corrected chi connectivity index (χ0v) is 15.1. The molecule has 1 aliphatic rings. The summed E-state index contributed by atoms with van der Waals surface area (Å²) in [5, 5.41) is 0. The van der Waals surface area contributed by atoms with Gasteiger partial charge in [-0.25, -0.2) is 15.0 Å². The molecule has 0 N–H and O–H groups in total. The number of pyridine rings is 2. The first-order valence-electron chi connectivity index (χ1n) is 8.79. The van der Waals surface area contributed by atoms with Crippen LogP contribution in [0.1, 0.15) is 16.8 Å². The first-order chi connectivity index (χ1) is 12.7. The Kier molecular flexibility index (Phi) is 4.58. The summed E-state index contributed by atoms with van der Waals surface area (Å²) >= 11 is 0. The van der Waals surface area contributed by atoms with Crippen LogP contribution in [0.15, 0.2) is 49.1 Å². The van der Waals surface area contributed by atoms with Crippen LogP contribution in [0.5, 0.6) is 0 Å². The lowest BCUT2D eigenvalue weighted by Crippen LogP contribution is -2.31. The molecule has 132 valence electrons. The summed E-state index contributed by atoms with van der Waals surface area (Å²) in [5.74, 6) is 1.74. The SMILES string of the molecule is CN(C)c1ccc(CN2CCc3nc(-c4cccnc4)ncc3C2)cn1. The Balaban J connectivity index is 1.46. The highest BCUT2D eigenvalue weighted by atomic mass is 15.1. The molecule has 0 spiro atoms. The Morgan fingerprint density at radius 1 is 1.08 bits per heavy atom. The van der Waals surface area contributed by atoms with Crippen LogP contribution in [-0.2, 0) is 19.5 Å². The van der Waals surface area contributed by atoms with E-state index in [0.717, 1.165) is 49.0 Å². The van der Waals surface area contributed by atoms with Crippen LogP contribution in [0.2, 0.25) is 0 Å². The maximum absolute atomic E-state index is 4.76. The first-order valence-corrected chi connectivity index (χ1v) is 8.79. The molecule has 0 saturated heterocycles. The Morgan fingerprint density at radius 3 is 2.73 bits per heavy atom. The lowest BCUT2D eigenvalue weighted by atomic mass is 10.1. The van der Waals surface area contributed by atoms with Crippen LogP contribution >= 0.6 is 0 Å². The standard InChI is InChI=1S/C20H22N6/c1-25(2)19-6-5-15(10-22-19)13-26-9-7-18-17(14-26)12-23-20(24-18)16-4-3-8-21-11-16/h3-6,8,10-12H,7,9,13-14H2,1-2H3. The van der Waals surface area contributed by atoms with E-state index < -0.39 is 0 Å². The molecule has 0 radical (unpaired) electrons. The quantitative estimate of drug-likeness (QED) is 0.724. The van der Waals surface area contributed by atoms with Crippen molar-refractivity contribution in [3.8, 4) is 11.4 Å². The minimum absolute atomic E-state index is 0.758. The Morgan fingerprint density at radius 2 is 2.00 bits per heavy atom. The number of fused-ring (bicyclic) bond motifs is 1. The van der Waals surface area contributed by atoms with E-state index in [0.29, 0.717) is 0 Å². The number of hydrogen-bond acceptors (Lipinski definition) is 6. The lowest BCUT2D eigenvalue weighted by molar-refractivity contribution is 0.242. The minimum atomic E-state index is 0.758. The largest absolute Gasteiger partial charge is 0.363 e. The molecule has 1 aliphatic heterocycles. The summed E-state index contributed by atoms with van der Waals surface area (Å²) in [4.78, 5) is 22.4. The lowest BCUT2D eigenvalue weighted by Gasteiger charge is -2.28. The highest BCUT2D eigenvalue weighted by Gasteiger charge is 2.19. The van der Waals surface area contributed by atoms with Crippen molar-refractivity contribution in [3.63, 3.8) is 0 Å². The van der Waals surface area contributed by atoms with E-state index in [2.05, 4.69) is 32.0 Å². The van der Waals surface area contributed by atoms with Crippen molar-refractivity contribution in [2.45, 2.75) is 19.5 Å². The van der Waals surface area contributed by atoms with Gasteiger partial charge in [-0.1, -0.05) is 6.07 Å². The molecule has 0 aliphatic carbocycles. The molecule has 6 nitrogen and oxygen atoms in total. The Bertz CT molecular complexity index is 877. The molecule has 3 aromatic heterocycles. The predicted octanol–water partition coefficient (Wildman–Crippen LogP) is 2.56. The molecule has 0 atom stereocenters. The monoisotopic (exact) mass is 346 g/mol. The molecule has 0 aromatic carbocycles. The van der Waals surface area contributed by atoms with Gasteiger partial charge in [0.1, 0.15) is 5.82 Å². The molecule has 4 heterocycles. The van der Waals surface area contributed by atoms with Gasteiger partial charge in [0.25, 0.3) is 0 Å². The van der Waals surface area contributed by atoms with E-state index in [1.807, 2.05) is 43.5 Å². The average molecular weight is 346 g/mol. The van der Waals surface area contributed by atoms with Crippen molar-refractivity contribution in [2.24, 2.45) is 0 Å². The van der Waals surface area contributed by atoms with Crippen molar-refractivity contribution in [1.82, 2.24) is 24.8 Å². The molecular weight excluding hydrogens is 324 g/mol. The van der Waals surface area contributed by atoms with Gasteiger partial charge < -0.3 is 4.90 Å². The molecule has 0 fully saturated rings. The van der Waals surface area contributed by atoms with Crippen LogP contribution in [0, 0.1) is 0 Å². The van der Waals surface area contributed by atoms with Crippen molar-refractivity contribution in [2.75, 3.05) is 25.5 Å². The van der Waals surface area contributed by atoms with Crippen LogP contribution in [0.3, 0.4) is 0 Å². The second-order valence-electron chi connectivity index (χ2n) is 6.79. The van der Waals surface area contributed by atoms with Gasteiger partial charge in [0.2, 0.25) is 0 Å². The van der Waals surface area contributed by atoms with E-state index in [-0.39, 0.29) is 0 Å². The summed E-state index contributed by atoms with van der Waals surface area (Å²) in [5.41, 5.74) is 4.55. The number of anilines is 1. The summed E-state index contributed by atoms with van der Waals surface area (Å²) in [7, 11) is 4.01. The third-order valence-corrected chi connectivity index (χ3v) is 4.61. The maximum atomic E-state index is 4.76. The fraction of sp³-hybridized carbons (Fsp3) is 0.300. The van der Waals surface area contributed by atoms with Gasteiger partial charge in [-0.05, 0) is 23.8 Å². The zero-order chi connectivity index (χ0) is 17.9. The third-order valence-electron chi connectivity index (χ3n) is 4.61. The number of hydrogen-bond donors (Lipinski definition) is 0. The topological polar surface area (TPSA) is 58.0 Å². The molecule has 0 saturated carbocycles. The van der Waals surface area contributed by atoms with Gasteiger partial charge in [-0.3, -0.25) is 9.88 Å². The van der Waals surface area contributed by atoms with E-state index in [9.17, 15) is 0 Å². The molecular formula is C20H22N6. The fourth-order valence-corrected chi connectivity index (χ4v) is 3.18. The summed E-state index contributed by atoms with van der Waals surface area (Å²) in [6.07, 6.45) is 8.44. The van der Waals surface area contributed by atoms with Crippen LogP contribution in [0.25, 0.3) is 11.4 Å². The highest BCUT2D eigenvalue weighted by Crippen LogP contribution is 2.22. The van der Waals surface area contributed by atoms with Crippen molar-refractivity contribution in [1.29, 1.82) is 0 Å². The fourth-order valence-electron chi connectivity index (χ4n) is 3.18. The second-order valence-corrected chi connectivity index (χ2v) is 6.79. The Hall–Kier alpha value is -2.86. The van der Waals surface area contributed by atoms with Gasteiger partial charge >= 0.3 is 0 Å². The summed E-state index contributed by atoms with van der Waals surface area (Å²) in [6.45, 7) is 2.76. The van der Waals surface area contributed by atoms with Crippen LogP contribution in [-0.4, -0.2) is 45.5 Å². The summed E-state index contributed by atoms with van der Waals surface area (Å²) < 4.78 is 0. The second kappa shape index (κ2) is 7.17. The van der Waals surface area contributed by atoms with Crippen molar-refractivity contribution >= 4 is 5.82 Å². The molecule has 0 amide bonds. The van der Waals surface area contributed by atoms with Gasteiger partial charge in [-0.2, -0.15) is 0 Å². The smallest absolute Gasteiger partial charge is 0.160 e. The normalized spacial score (nSPS) is 14.1. The van der Waals surface area contributed by atoms with E-state index in [4.69, 9.17) is 4.98 Å². The van der Waals surface area contributed by atoms with Crippen LogP contribution < -0.4 is 4.90 Å². The maximum Gasteiger partial charge on any atom is 0.160 e. The zero-order valence-electron chi connectivity index (χ0n) is 15.1. The van der Waals surface area contributed by atoms with E-state index >= 15 is 0 Å². The molecule has 6 heteroatoms. The number of nitrogens with zero attached hydrogens (tertiary/aromatic N) is 6. The number of aromatic nitrogens is 4. The molecule has 4 rings (SSSR count). The molecule has 26 heavy (non-hydrogen) atoms. The molecule has 3 aromatic rings. The molecule has 0 unspecified atom stereocenters. The van der Waals surface area contributed by atoms with Crippen molar-refractivity contribution < 1.29 is 0 Å². The van der Waals surface area contributed by atoms with Crippen LogP contribution in [0.4, 0.5) is 5.82 Å². The predicted molar refractivity (Wildman–Crippen MR) is 102 cm³/mol. The minimum Gasteiger partial charge on any atom is -0.363 e. The van der Waals surface area contributed by atoms with Gasteiger partial charge in [0.15, 0.2) is 5.82 Å². The summed E-state index contributed by atoms with van der Waals surface area (Å²) in [6, 6.07) is 8.13. The van der Waals surface area contributed by atoms with Crippen molar-refractivity contribution in [3.05, 3.63) is 65.9 Å². The van der Waals surface area contributed by atoms with E-state index in [1.165, 1.54) is 11.1 Å². The average Bonchev–Trinajstić information content (AvgIpc) is 2.69. The third kappa shape index (κ3) is 3.55. The highest BCUT2D eigenvalue weighted by molar-refractivity contribution is 5.53.